The Balaban J connectivity index is 0.00000144. The van der Waals surface area contributed by atoms with Crippen molar-refractivity contribution in [1.29, 1.82) is 0 Å². The van der Waals surface area contributed by atoms with Crippen molar-refractivity contribution in [3.05, 3.63) is 24.3 Å². The number of rotatable bonds is 1. The van der Waals surface area contributed by atoms with Crippen molar-refractivity contribution in [2.45, 2.75) is 0 Å². The number of phenolic OH excluding ortho intramolecular Hbond substituents is 1. The van der Waals surface area contributed by atoms with Crippen LogP contribution in [0.25, 0.3) is 0 Å². The highest BCUT2D eigenvalue weighted by Crippen LogP contribution is 2.18. The van der Waals surface area contributed by atoms with E-state index in [1.807, 2.05) is 6.26 Å². The maximum atomic E-state index is 9.08. The molecular formula is C8H11ClN2OS. The molecule has 0 amide bonds. The van der Waals surface area contributed by atoms with Gasteiger partial charge in [-0.1, -0.05) is 17.8 Å². The van der Waals surface area contributed by atoms with Gasteiger partial charge in [-0.05, 0) is 18.4 Å². The number of benzene rings is 1. The average molecular weight is 219 g/mol. The van der Waals surface area contributed by atoms with Crippen LogP contribution in [0.2, 0.25) is 0 Å². The molecule has 0 aromatic heterocycles. The van der Waals surface area contributed by atoms with Crippen LogP contribution in [0.3, 0.4) is 0 Å². The molecule has 13 heavy (non-hydrogen) atoms. The van der Waals surface area contributed by atoms with Gasteiger partial charge in [0.15, 0.2) is 5.17 Å². The van der Waals surface area contributed by atoms with E-state index in [0.717, 1.165) is 0 Å². The second kappa shape index (κ2) is 5.72. The third kappa shape index (κ3) is 4.05. The molecule has 3 nitrogen and oxygen atoms in total. The molecule has 1 aromatic rings. The van der Waals surface area contributed by atoms with Gasteiger partial charge in [-0.3, -0.25) is 0 Å². The Hall–Kier alpha value is -0.870. The minimum atomic E-state index is 0. The van der Waals surface area contributed by atoms with Gasteiger partial charge in [0.1, 0.15) is 5.75 Å². The van der Waals surface area contributed by atoms with Gasteiger partial charge in [0.05, 0.1) is 5.69 Å². The Morgan fingerprint density at radius 3 is 2.77 bits per heavy atom. The van der Waals surface area contributed by atoms with Crippen LogP contribution in [0, 0.1) is 0 Å². The zero-order chi connectivity index (χ0) is 8.97. The lowest BCUT2D eigenvalue weighted by molar-refractivity contribution is 0.475. The fraction of sp³-hybridized carbons (Fsp3) is 0.125. The minimum Gasteiger partial charge on any atom is -0.508 e. The summed E-state index contributed by atoms with van der Waals surface area (Å²) >= 11 is 1.37. The van der Waals surface area contributed by atoms with E-state index in [1.165, 1.54) is 11.8 Å². The summed E-state index contributed by atoms with van der Waals surface area (Å²) < 4.78 is 0. The highest BCUT2D eigenvalue weighted by molar-refractivity contribution is 8.13. The molecule has 1 rings (SSSR count). The lowest BCUT2D eigenvalue weighted by Gasteiger charge is -1.96. The van der Waals surface area contributed by atoms with Crippen LogP contribution < -0.4 is 5.73 Å². The van der Waals surface area contributed by atoms with Crippen molar-refractivity contribution in [3.63, 3.8) is 0 Å². The lowest BCUT2D eigenvalue weighted by atomic mass is 10.3. The molecule has 1 aromatic carbocycles. The average Bonchev–Trinajstić information content (AvgIpc) is 2.04. The molecule has 0 unspecified atom stereocenters. The number of halogens is 1. The molecule has 0 aliphatic carbocycles. The molecule has 0 atom stereocenters. The second-order valence-electron chi connectivity index (χ2n) is 2.17. The van der Waals surface area contributed by atoms with Gasteiger partial charge < -0.3 is 10.8 Å². The third-order valence-electron chi connectivity index (χ3n) is 1.28. The highest BCUT2D eigenvalue weighted by atomic mass is 35.5. The van der Waals surface area contributed by atoms with Crippen molar-refractivity contribution in [2.24, 2.45) is 10.7 Å². The largest absolute Gasteiger partial charge is 0.508 e. The Morgan fingerprint density at radius 1 is 1.54 bits per heavy atom. The molecule has 0 bridgehead atoms. The smallest absolute Gasteiger partial charge is 0.158 e. The van der Waals surface area contributed by atoms with Gasteiger partial charge in [0.25, 0.3) is 0 Å². The van der Waals surface area contributed by atoms with E-state index in [1.54, 1.807) is 24.3 Å². The standard InChI is InChI=1S/C8H10N2OS.ClH/c1-12-8(9)10-6-3-2-4-7(11)5-6;/h2-5,11H,1H3,(H2,9,10);1H. The Kier molecular flexibility index (Phi) is 5.34. The Labute approximate surface area is 87.5 Å². The first-order valence-electron chi connectivity index (χ1n) is 3.39. The number of phenols is 1. The predicted octanol–water partition coefficient (Wildman–Crippen LogP) is 2.12. The molecular weight excluding hydrogens is 208 g/mol. The van der Waals surface area contributed by atoms with Gasteiger partial charge in [0, 0.05) is 6.07 Å². The SMILES string of the molecule is CSC(N)=Nc1cccc(O)c1.Cl. The monoisotopic (exact) mass is 218 g/mol. The topological polar surface area (TPSA) is 58.6 Å². The summed E-state index contributed by atoms with van der Waals surface area (Å²) in [6.45, 7) is 0. The molecule has 0 saturated heterocycles. The van der Waals surface area contributed by atoms with Crippen molar-refractivity contribution in [3.8, 4) is 5.75 Å². The maximum Gasteiger partial charge on any atom is 0.158 e. The van der Waals surface area contributed by atoms with Crippen LogP contribution in [0.4, 0.5) is 5.69 Å². The zero-order valence-corrected chi connectivity index (χ0v) is 8.73. The zero-order valence-electron chi connectivity index (χ0n) is 7.10. The summed E-state index contributed by atoms with van der Waals surface area (Å²) in [5.41, 5.74) is 6.15. The van der Waals surface area contributed by atoms with Crippen LogP contribution in [0.5, 0.6) is 5.75 Å². The van der Waals surface area contributed by atoms with Crippen molar-refractivity contribution in [2.75, 3.05) is 6.26 Å². The quantitative estimate of drug-likeness (QED) is 0.561. The number of hydrogen-bond acceptors (Lipinski definition) is 3. The van der Waals surface area contributed by atoms with E-state index in [-0.39, 0.29) is 18.2 Å². The van der Waals surface area contributed by atoms with E-state index in [9.17, 15) is 0 Å². The third-order valence-corrected chi connectivity index (χ3v) is 1.79. The van der Waals surface area contributed by atoms with Gasteiger partial charge >= 0.3 is 0 Å². The highest BCUT2D eigenvalue weighted by Gasteiger charge is 1.92. The molecule has 5 heteroatoms. The molecule has 0 spiro atoms. The molecule has 0 heterocycles. The Bertz CT molecular complexity index is 304. The first-order valence-corrected chi connectivity index (χ1v) is 4.62. The van der Waals surface area contributed by atoms with E-state index in [0.29, 0.717) is 10.9 Å². The van der Waals surface area contributed by atoms with E-state index >= 15 is 0 Å². The minimum absolute atomic E-state index is 0. The summed E-state index contributed by atoms with van der Waals surface area (Å²) in [6, 6.07) is 6.65. The number of nitrogens with zero attached hydrogens (tertiary/aromatic N) is 1. The van der Waals surface area contributed by atoms with Crippen LogP contribution >= 0.6 is 24.2 Å². The molecule has 0 aliphatic rings. The summed E-state index contributed by atoms with van der Waals surface area (Å²) in [7, 11) is 0. The molecule has 72 valence electrons. The summed E-state index contributed by atoms with van der Waals surface area (Å²) in [6.07, 6.45) is 1.85. The van der Waals surface area contributed by atoms with E-state index < -0.39 is 0 Å². The summed E-state index contributed by atoms with van der Waals surface area (Å²) in [4.78, 5) is 4.04. The molecule has 0 radical (unpaired) electrons. The number of hydrogen-bond donors (Lipinski definition) is 2. The van der Waals surface area contributed by atoms with Crippen molar-refractivity contribution in [1.82, 2.24) is 0 Å². The fourth-order valence-electron chi connectivity index (χ4n) is 0.735. The van der Waals surface area contributed by atoms with Crippen molar-refractivity contribution >= 4 is 35.0 Å². The predicted molar refractivity (Wildman–Crippen MR) is 60.2 cm³/mol. The normalized spacial score (nSPS) is 10.7. The molecule has 0 aliphatic heterocycles. The second-order valence-corrected chi connectivity index (χ2v) is 3.00. The maximum absolute atomic E-state index is 9.08. The van der Waals surface area contributed by atoms with Crippen LogP contribution in [-0.4, -0.2) is 16.5 Å². The van der Waals surface area contributed by atoms with Gasteiger partial charge in [-0.2, -0.15) is 0 Å². The number of aliphatic imine (C=N–C) groups is 1. The summed E-state index contributed by atoms with van der Waals surface area (Å²) in [5.74, 6) is 0.199. The van der Waals surface area contributed by atoms with Gasteiger partial charge in [0.2, 0.25) is 0 Å². The number of nitrogens with two attached hydrogens (primary N) is 1. The van der Waals surface area contributed by atoms with Crippen LogP contribution in [0.1, 0.15) is 0 Å². The first-order chi connectivity index (χ1) is 5.72. The van der Waals surface area contributed by atoms with Crippen LogP contribution in [-0.2, 0) is 0 Å². The van der Waals surface area contributed by atoms with Gasteiger partial charge in [-0.25, -0.2) is 4.99 Å². The molecule has 0 saturated carbocycles. The lowest BCUT2D eigenvalue weighted by Crippen LogP contribution is -2.03. The first kappa shape index (κ1) is 12.1. The van der Waals surface area contributed by atoms with Crippen LogP contribution in [0.15, 0.2) is 29.3 Å². The number of aromatic hydroxyl groups is 1. The Morgan fingerprint density at radius 2 is 2.23 bits per heavy atom. The number of thioether (sulfide) groups is 1. The fourth-order valence-corrected chi connectivity index (χ4v) is 0.932. The van der Waals surface area contributed by atoms with E-state index in [4.69, 9.17) is 10.8 Å². The van der Waals surface area contributed by atoms with E-state index in [2.05, 4.69) is 4.99 Å². The molecule has 0 fully saturated rings. The van der Waals surface area contributed by atoms with Gasteiger partial charge in [-0.15, -0.1) is 12.4 Å². The summed E-state index contributed by atoms with van der Waals surface area (Å²) in [5, 5.41) is 9.57. The van der Waals surface area contributed by atoms with Crippen molar-refractivity contribution < 1.29 is 5.11 Å². The molecule has 3 N–H and O–H groups in total. The number of amidine groups is 1.